The summed E-state index contributed by atoms with van der Waals surface area (Å²) in [5.74, 6) is 0. The lowest BCUT2D eigenvalue weighted by atomic mass is 9.98. The molecule has 2 heterocycles. The Kier molecular flexibility index (Phi) is 6.55. The van der Waals surface area contributed by atoms with Crippen molar-refractivity contribution in [1.82, 2.24) is 8.87 Å². The topological polar surface area (TPSA) is 121 Å². The van der Waals surface area contributed by atoms with Gasteiger partial charge in [-0.1, -0.05) is 12.5 Å². The van der Waals surface area contributed by atoms with E-state index in [4.69, 9.17) is 15.2 Å². The molecule has 1 aliphatic carbocycles. The zero-order chi connectivity index (χ0) is 22.9. The predicted octanol–water partition coefficient (Wildman–Crippen LogP) is 2.48. The van der Waals surface area contributed by atoms with Crippen LogP contribution in [-0.2, 0) is 26.2 Å². The van der Waals surface area contributed by atoms with Crippen molar-refractivity contribution in [2.75, 3.05) is 13.1 Å². The molecule has 1 saturated carbocycles. The number of rotatable bonds is 5. The fourth-order valence-corrected chi connectivity index (χ4v) is 6.32. The summed E-state index contributed by atoms with van der Waals surface area (Å²) < 4.78 is 39.6. The number of aromatic nitrogens is 1. The van der Waals surface area contributed by atoms with Gasteiger partial charge >= 0.3 is 6.16 Å². The number of carbonyl (C=O) groups excluding carboxylic acids is 1. The second-order valence-corrected chi connectivity index (χ2v) is 10.5. The van der Waals surface area contributed by atoms with Crippen LogP contribution in [0.1, 0.15) is 44.1 Å². The number of nitrogens with two attached hydrogens (primary N) is 1. The summed E-state index contributed by atoms with van der Waals surface area (Å²) in [6.07, 6.45) is 6.00. The van der Waals surface area contributed by atoms with Crippen molar-refractivity contribution in [3.8, 4) is 0 Å². The Bertz CT molecular complexity index is 1170. The Balaban J connectivity index is 1.58. The SMILES string of the molecule is Cc1cn(COC(=O)OC2CCCCC2)c(=O)c2cccc(S(=O)(=O)N3CC[C@H](N)C3)c12. The van der Waals surface area contributed by atoms with Gasteiger partial charge in [-0.15, -0.1) is 0 Å². The molecule has 9 nitrogen and oxygen atoms in total. The Hall–Kier alpha value is -2.43. The van der Waals surface area contributed by atoms with Gasteiger partial charge in [0.05, 0.1) is 4.90 Å². The molecule has 174 valence electrons. The summed E-state index contributed by atoms with van der Waals surface area (Å²) >= 11 is 0. The van der Waals surface area contributed by atoms with Crippen molar-refractivity contribution in [3.63, 3.8) is 0 Å². The highest BCUT2D eigenvalue weighted by Crippen LogP contribution is 2.28. The summed E-state index contributed by atoms with van der Waals surface area (Å²) in [6.45, 7) is 2.03. The summed E-state index contributed by atoms with van der Waals surface area (Å²) in [7, 11) is -3.79. The molecule has 4 rings (SSSR count). The fourth-order valence-electron chi connectivity index (χ4n) is 4.53. The van der Waals surface area contributed by atoms with Crippen molar-refractivity contribution in [1.29, 1.82) is 0 Å². The molecule has 2 aromatic rings. The van der Waals surface area contributed by atoms with Gasteiger partial charge in [0, 0.05) is 36.1 Å². The molecular formula is C22H29N3O6S. The zero-order valence-electron chi connectivity index (χ0n) is 18.2. The predicted molar refractivity (Wildman–Crippen MR) is 119 cm³/mol. The zero-order valence-corrected chi connectivity index (χ0v) is 19.0. The molecule has 0 unspecified atom stereocenters. The van der Waals surface area contributed by atoms with Crippen molar-refractivity contribution in [2.24, 2.45) is 5.73 Å². The number of fused-ring (bicyclic) bond motifs is 1. The third-order valence-electron chi connectivity index (χ3n) is 6.20. The van der Waals surface area contributed by atoms with E-state index in [1.807, 2.05) is 0 Å². The van der Waals surface area contributed by atoms with E-state index in [1.54, 1.807) is 19.1 Å². The molecule has 10 heteroatoms. The third-order valence-corrected chi connectivity index (χ3v) is 8.11. The normalized spacial score (nSPS) is 20.5. The second kappa shape index (κ2) is 9.21. The molecule has 0 radical (unpaired) electrons. The smallest absolute Gasteiger partial charge is 0.431 e. The van der Waals surface area contributed by atoms with Crippen LogP contribution < -0.4 is 11.3 Å². The molecule has 2 aliphatic rings. The monoisotopic (exact) mass is 463 g/mol. The van der Waals surface area contributed by atoms with Gasteiger partial charge in [-0.05, 0) is 56.7 Å². The van der Waals surface area contributed by atoms with Crippen molar-refractivity contribution in [3.05, 3.63) is 40.3 Å². The highest BCUT2D eigenvalue weighted by atomic mass is 32.2. The molecule has 2 fully saturated rings. The Labute approximate surface area is 187 Å². The summed E-state index contributed by atoms with van der Waals surface area (Å²) in [5.41, 5.74) is 6.04. The number of hydrogen-bond donors (Lipinski definition) is 1. The molecule has 1 saturated heterocycles. The maximum absolute atomic E-state index is 13.2. The van der Waals surface area contributed by atoms with Crippen LogP contribution in [0, 0.1) is 6.92 Å². The van der Waals surface area contributed by atoms with Crippen molar-refractivity contribution in [2.45, 2.75) is 69.2 Å². The molecule has 1 atom stereocenters. The third kappa shape index (κ3) is 4.53. The molecule has 32 heavy (non-hydrogen) atoms. The molecule has 2 N–H and O–H groups in total. The minimum absolute atomic E-state index is 0.0866. The highest BCUT2D eigenvalue weighted by molar-refractivity contribution is 7.89. The molecular weight excluding hydrogens is 434 g/mol. The Morgan fingerprint density at radius 2 is 1.94 bits per heavy atom. The molecule has 1 aliphatic heterocycles. The molecule has 1 aromatic carbocycles. The Morgan fingerprint density at radius 1 is 1.19 bits per heavy atom. The maximum atomic E-state index is 13.2. The minimum Gasteiger partial charge on any atom is -0.431 e. The van der Waals surface area contributed by atoms with Crippen LogP contribution in [0.3, 0.4) is 0 Å². The molecule has 0 spiro atoms. The molecule has 1 aromatic heterocycles. The van der Waals surface area contributed by atoms with E-state index < -0.39 is 21.7 Å². The van der Waals surface area contributed by atoms with E-state index in [0.717, 1.165) is 32.1 Å². The van der Waals surface area contributed by atoms with Crippen LogP contribution in [-0.4, -0.2) is 48.7 Å². The van der Waals surface area contributed by atoms with Crippen LogP contribution in [0.4, 0.5) is 4.79 Å². The fraction of sp³-hybridized carbons (Fsp3) is 0.545. The highest BCUT2D eigenvalue weighted by Gasteiger charge is 2.32. The first-order chi connectivity index (χ1) is 15.3. The lowest BCUT2D eigenvalue weighted by Gasteiger charge is -2.21. The van der Waals surface area contributed by atoms with E-state index in [2.05, 4.69) is 0 Å². The van der Waals surface area contributed by atoms with E-state index in [1.165, 1.54) is 21.1 Å². The van der Waals surface area contributed by atoms with E-state index in [0.29, 0.717) is 23.9 Å². The van der Waals surface area contributed by atoms with Crippen LogP contribution in [0.15, 0.2) is 34.1 Å². The minimum atomic E-state index is -3.79. The first-order valence-corrected chi connectivity index (χ1v) is 12.4. The molecule has 0 bridgehead atoms. The largest absolute Gasteiger partial charge is 0.510 e. The van der Waals surface area contributed by atoms with E-state index >= 15 is 0 Å². The van der Waals surface area contributed by atoms with Gasteiger partial charge in [-0.3, -0.25) is 9.36 Å². The second-order valence-electron chi connectivity index (χ2n) is 8.58. The number of ether oxygens (including phenoxy) is 2. The number of hydrogen-bond acceptors (Lipinski definition) is 7. The van der Waals surface area contributed by atoms with Gasteiger partial charge in [0.25, 0.3) is 5.56 Å². The van der Waals surface area contributed by atoms with E-state index in [-0.39, 0.29) is 35.7 Å². The van der Waals surface area contributed by atoms with Crippen LogP contribution in [0.2, 0.25) is 0 Å². The number of pyridine rings is 1. The number of carbonyl (C=O) groups is 1. The van der Waals surface area contributed by atoms with Crippen LogP contribution in [0.5, 0.6) is 0 Å². The maximum Gasteiger partial charge on any atom is 0.510 e. The van der Waals surface area contributed by atoms with Crippen molar-refractivity contribution >= 4 is 27.0 Å². The lowest BCUT2D eigenvalue weighted by molar-refractivity contribution is -0.00415. The van der Waals surface area contributed by atoms with Crippen molar-refractivity contribution < 1.29 is 22.7 Å². The van der Waals surface area contributed by atoms with Gasteiger partial charge < -0.3 is 15.2 Å². The number of sulfonamides is 1. The average molecular weight is 464 g/mol. The Morgan fingerprint density at radius 3 is 2.62 bits per heavy atom. The van der Waals surface area contributed by atoms with Gasteiger partial charge in [0.15, 0.2) is 6.73 Å². The number of aryl methyl sites for hydroxylation is 1. The van der Waals surface area contributed by atoms with Gasteiger partial charge in [0.1, 0.15) is 6.10 Å². The van der Waals surface area contributed by atoms with Gasteiger partial charge in [-0.25, -0.2) is 13.2 Å². The standard InChI is InChI=1S/C22H29N3O6S/c1-15-12-24(14-30-22(27)31-17-6-3-2-4-7-17)21(26)18-8-5-9-19(20(15)18)32(28,29)25-11-10-16(23)13-25/h5,8-9,12,16-17H,2-4,6-7,10-11,13-14,23H2,1H3/t16-/m0/s1. The summed E-state index contributed by atoms with van der Waals surface area (Å²) in [6, 6.07) is 4.45. The average Bonchev–Trinajstić information content (AvgIpc) is 3.22. The summed E-state index contributed by atoms with van der Waals surface area (Å²) in [5, 5.41) is 0.623. The van der Waals surface area contributed by atoms with Crippen LogP contribution >= 0.6 is 0 Å². The summed E-state index contributed by atoms with van der Waals surface area (Å²) in [4.78, 5) is 25.2. The molecule has 0 amide bonds. The quantitative estimate of drug-likeness (QED) is 0.676. The van der Waals surface area contributed by atoms with E-state index in [9.17, 15) is 18.0 Å². The van der Waals surface area contributed by atoms with Gasteiger partial charge in [0.2, 0.25) is 10.0 Å². The first-order valence-electron chi connectivity index (χ1n) is 11.0. The van der Waals surface area contributed by atoms with Crippen LogP contribution in [0.25, 0.3) is 10.8 Å². The number of nitrogens with zero attached hydrogens (tertiary/aromatic N) is 2. The number of benzene rings is 1. The van der Waals surface area contributed by atoms with Gasteiger partial charge in [-0.2, -0.15) is 4.31 Å². The lowest BCUT2D eigenvalue weighted by Crippen LogP contribution is -2.32. The first kappa shape index (κ1) is 22.8.